The molecule has 1 N–H and O–H groups in total. The molecule has 0 amide bonds. The zero-order chi connectivity index (χ0) is 17.4. The first-order valence-corrected chi connectivity index (χ1v) is 11.3. The Balaban J connectivity index is 2.02. The highest BCUT2D eigenvalue weighted by molar-refractivity contribution is 6.74. The SMILES string of the molecule is CC(C)(C)[Si](C)(C)OC[C@H]1O[C@@H](c2cnc(Cl)nc2Cl)C[C@@H]1O. The maximum Gasteiger partial charge on any atom is 0.223 e. The van der Waals surface area contributed by atoms with E-state index in [0.29, 0.717) is 18.6 Å². The van der Waals surface area contributed by atoms with Crippen molar-refractivity contribution >= 4 is 31.5 Å². The number of hydrogen-bond donors (Lipinski definition) is 1. The van der Waals surface area contributed by atoms with Gasteiger partial charge < -0.3 is 14.3 Å². The standard InChI is InChI=1S/C15H24Cl2N2O3Si/c1-15(2,3)23(4,5)21-8-12-10(20)6-11(22-12)9-7-18-14(17)19-13(9)16/h7,10-12,20H,6,8H2,1-5H3/t10-,11+,12+/m0/s1. The van der Waals surface area contributed by atoms with Crippen LogP contribution in [0.2, 0.25) is 28.6 Å². The number of aliphatic hydroxyl groups excluding tert-OH is 1. The molecule has 8 heteroatoms. The molecule has 5 nitrogen and oxygen atoms in total. The van der Waals surface area contributed by atoms with Crippen molar-refractivity contribution in [3.05, 3.63) is 22.2 Å². The van der Waals surface area contributed by atoms with Gasteiger partial charge in [-0.1, -0.05) is 32.4 Å². The molecule has 1 fully saturated rings. The average molecular weight is 379 g/mol. The van der Waals surface area contributed by atoms with Crippen molar-refractivity contribution in [1.29, 1.82) is 0 Å². The van der Waals surface area contributed by atoms with Gasteiger partial charge in [0.2, 0.25) is 5.28 Å². The molecule has 0 saturated carbocycles. The number of halogens is 2. The minimum Gasteiger partial charge on any atom is -0.414 e. The van der Waals surface area contributed by atoms with Crippen LogP contribution in [0.5, 0.6) is 0 Å². The van der Waals surface area contributed by atoms with Crippen LogP contribution in [0.4, 0.5) is 0 Å². The first-order chi connectivity index (χ1) is 10.5. The first-order valence-electron chi connectivity index (χ1n) is 7.66. The highest BCUT2D eigenvalue weighted by atomic mass is 35.5. The predicted octanol–water partition coefficient (Wildman–Crippen LogP) is 4.00. The van der Waals surface area contributed by atoms with Crippen molar-refractivity contribution < 1.29 is 14.3 Å². The Morgan fingerprint density at radius 3 is 2.61 bits per heavy atom. The zero-order valence-corrected chi connectivity index (χ0v) is 16.6. The Morgan fingerprint density at radius 1 is 1.39 bits per heavy atom. The third-order valence-electron chi connectivity index (χ3n) is 4.72. The van der Waals surface area contributed by atoms with Crippen molar-refractivity contribution in [2.45, 2.75) is 63.6 Å². The van der Waals surface area contributed by atoms with Crippen molar-refractivity contribution in [2.24, 2.45) is 0 Å². The highest BCUT2D eigenvalue weighted by Gasteiger charge is 2.41. The molecular formula is C15H24Cl2N2O3Si. The maximum absolute atomic E-state index is 10.3. The number of hydrogen-bond acceptors (Lipinski definition) is 5. The van der Waals surface area contributed by atoms with Crippen LogP contribution in [-0.2, 0) is 9.16 Å². The number of aromatic nitrogens is 2. The normalized spacial score (nSPS) is 25.8. The van der Waals surface area contributed by atoms with Gasteiger partial charge in [0, 0.05) is 18.2 Å². The van der Waals surface area contributed by atoms with Crippen LogP contribution < -0.4 is 0 Å². The van der Waals surface area contributed by atoms with Gasteiger partial charge in [-0.2, -0.15) is 0 Å². The minimum atomic E-state index is -1.88. The smallest absolute Gasteiger partial charge is 0.223 e. The van der Waals surface area contributed by atoms with Crippen molar-refractivity contribution in [3.8, 4) is 0 Å². The quantitative estimate of drug-likeness (QED) is 0.487. The van der Waals surface area contributed by atoms with E-state index in [-0.39, 0.29) is 27.7 Å². The van der Waals surface area contributed by atoms with Crippen LogP contribution in [0.15, 0.2) is 6.20 Å². The molecular weight excluding hydrogens is 355 g/mol. The first kappa shape index (κ1) is 19.1. The molecule has 1 aliphatic heterocycles. The fraction of sp³-hybridized carbons (Fsp3) is 0.733. The summed E-state index contributed by atoms with van der Waals surface area (Å²) in [6.45, 7) is 11.3. The van der Waals surface area contributed by atoms with E-state index in [0.717, 1.165) is 0 Å². The van der Waals surface area contributed by atoms with Crippen LogP contribution in [0.25, 0.3) is 0 Å². The van der Waals surface area contributed by atoms with E-state index >= 15 is 0 Å². The molecule has 1 aromatic heterocycles. The van der Waals surface area contributed by atoms with Gasteiger partial charge in [0.15, 0.2) is 8.32 Å². The van der Waals surface area contributed by atoms with E-state index in [1.807, 2.05) is 0 Å². The van der Waals surface area contributed by atoms with Gasteiger partial charge in [0.1, 0.15) is 11.3 Å². The summed E-state index contributed by atoms with van der Waals surface area (Å²) >= 11 is 11.8. The molecule has 130 valence electrons. The monoisotopic (exact) mass is 378 g/mol. The second-order valence-electron chi connectivity index (χ2n) is 7.42. The fourth-order valence-corrected chi connectivity index (χ4v) is 3.59. The van der Waals surface area contributed by atoms with E-state index in [1.165, 1.54) is 0 Å². The molecule has 2 heterocycles. The highest BCUT2D eigenvalue weighted by Crippen LogP contribution is 2.39. The van der Waals surface area contributed by atoms with Crippen LogP contribution in [0, 0.1) is 0 Å². The van der Waals surface area contributed by atoms with Crippen molar-refractivity contribution in [2.75, 3.05) is 6.61 Å². The van der Waals surface area contributed by atoms with Gasteiger partial charge in [0.05, 0.1) is 18.8 Å². The lowest BCUT2D eigenvalue weighted by molar-refractivity contribution is -0.0196. The summed E-state index contributed by atoms with van der Waals surface area (Å²) in [7, 11) is -1.88. The Labute approximate surface area is 148 Å². The average Bonchev–Trinajstić information content (AvgIpc) is 2.76. The van der Waals surface area contributed by atoms with E-state index in [1.54, 1.807) is 6.20 Å². The van der Waals surface area contributed by atoms with Crippen LogP contribution >= 0.6 is 23.2 Å². The molecule has 1 saturated heterocycles. The Bertz CT molecular complexity index is 566. The summed E-state index contributed by atoms with van der Waals surface area (Å²) in [4.78, 5) is 7.86. The molecule has 1 aliphatic rings. The van der Waals surface area contributed by atoms with E-state index in [4.69, 9.17) is 32.4 Å². The van der Waals surface area contributed by atoms with Crippen LogP contribution in [0.3, 0.4) is 0 Å². The molecule has 0 bridgehead atoms. The van der Waals surface area contributed by atoms with Gasteiger partial charge in [0.25, 0.3) is 0 Å². The number of nitrogens with zero attached hydrogens (tertiary/aromatic N) is 2. The van der Waals surface area contributed by atoms with Crippen molar-refractivity contribution in [3.63, 3.8) is 0 Å². The van der Waals surface area contributed by atoms with Gasteiger partial charge in [-0.05, 0) is 29.7 Å². The molecule has 23 heavy (non-hydrogen) atoms. The molecule has 1 aromatic rings. The molecule has 0 aliphatic carbocycles. The molecule has 0 radical (unpaired) electrons. The van der Waals surface area contributed by atoms with Gasteiger partial charge in [-0.25, -0.2) is 9.97 Å². The lowest BCUT2D eigenvalue weighted by atomic mass is 10.1. The number of ether oxygens (including phenoxy) is 1. The van der Waals surface area contributed by atoms with Gasteiger partial charge in [-0.3, -0.25) is 0 Å². The lowest BCUT2D eigenvalue weighted by Gasteiger charge is -2.37. The maximum atomic E-state index is 10.3. The summed E-state index contributed by atoms with van der Waals surface area (Å²) in [5, 5.41) is 10.7. The zero-order valence-electron chi connectivity index (χ0n) is 14.1. The molecule has 3 atom stereocenters. The summed E-state index contributed by atoms with van der Waals surface area (Å²) in [6.07, 6.45) is 0.669. The summed E-state index contributed by atoms with van der Waals surface area (Å²) in [5.74, 6) is 0. The number of rotatable bonds is 4. The topological polar surface area (TPSA) is 64.5 Å². The van der Waals surface area contributed by atoms with Gasteiger partial charge in [-0.15, -0.1) is 0 Å². The third kappa shape index (κ3) is 4.44. The predicted molar refractivity (Wildman–Crippen MR) is 93.4 cm³/mol. The van der Waals surface area contributed by atoms with E-state index in [9.17, 15) is 5.11 Å². The minimum absolute atomic E-state index is 0.0927. The van der Waals surface area contributed by atoms with Crippen molar-refractivity contribution in [1.82, 2.24) is 9.97 Å². The molecule has 2 rings (SSSR count). The fourth-order valence-electron chi connectivity index (χ4n) is 2.15. The largest absolute Gasteiger partial charge is 0.414 e. The van der Waals surface area contributed by atoms with E-state index in [2.05, 4.69) is 43.8 Å². The van der Waals surface area contributed by atoms with Crippen LogP contribution in [0.1, 0.15) is 38.9 Å². The summed E-state index contributed by atoms with van der Waals surface area (Å²) in [6, 6.07) is 0. The van der Waals surface area contributed by atoms with Gasteiger partial charge >= 0.3 is 0 Å². The summed E-state index contributed by atoms with van der Waals surface area (Å²) in [5.41, 5.74) is 0.643. The molecule has 0 aromatic carbocycles. The molecule has 0 spiro atoms. The third-order valence-corrected chi connectivity index (χ3v) is 9.71. The van der Waals surface area contributed by atoms with E-state index < -0.39 is 14.4 Å². The number of aliphatic hydroxyl groups is 1. The Morgan fingerprint density at radius 2 is 2.04 bits per heavy atom. The molecule has 0 unspecified atom stereocenters. The second kappa shape index (κ2) is 6.94. The van der Waals surface area contributed by atoms with Crippen LogP contribution in [-0.4, -0.2) is 42.2 Å². The lowest BCUT2D eigenvalue weighted by Crippen LogP contribution is -2.43. The summed E-state index contributed by atoms with van der Waals surface area (Å²) < 4.78 is 12.1. The Hall–Kier alpha value is -0.243. The second-order valence-corrected chi connectivity index (χ2v) is 12.9. The Kier molecular flexibility index (Phi) is 5.76.